The topological polar surface area (TPSA) is 103 Å². The molecule has 0 unspecified atom stereocenters. The first-order valence-corrected chi connectivity index (χ1v) is 14.6. The number of alkyl carbamates (subject to hydrolysis) is 1. The molecule has 4 aromatic carbocycles. The van der Waals surface area contributed by atoms with Crippen molar-refractivity contribution in [3.05, 3.63) is 132 Å². The molecule has 0 spiro atoms. The molecule has 0 saturated heterocycles. The number of ether oxygens (including phenoxy) is 1. The molecular weight excluding hydrogens is 538 g/mol. The zero-order chi connectivity index (χ0) is 29.8. The van der Waals surface area contributed by atoms with Gasteiger partial charge in [0.15, 0.2) is 0 Å². The molecule has 1 heterocycles. The summed E-state index contributed by atoms with van der Waals surface area (Å²) >= 11 is 0. The third kappa shape index (κ3) is 5.90. The van der Waals surface area contributed by atoms with Crippen molar-refractivity contribution >= 4 is 22.9 Å². The number of aliphatic hydroxyl groups is 1. The van der Waals surface area contributed by atoms with Crippen LogP contribution in [0.5, 0.6) is 0 Å². The third-order valence-electron chi connectivity index (χ3n) is 8.32. The largest absolute Gasteiger partial charge is 0.449 e. The van der Waals surface area contributed by atoms with Crippen LogP contribution in [0.2, 0.25) is 0 Å². The van der Waals surface area contributed by atoms with Gasteiger partial charge in [0.2, 0.25) is 5.91 Å². The highest BCUT2D eigenvalue weighted by molar-refractivity contribution is 5.92. The van der Waals surface area contributed by atoms with Crippen LogP contribution in [0.15, 0.2) is 109 Å². The highest BCUT2D eigenvalue weighted by atomic mass is 16.5. The van der Waals surface area contributed by atoms with E-state index in [9.17, 15) is 14.7 Å². The van der Waals surface area contributed by atoms with Crippen molar-refractivity contribution in [1.82, 2.24) is 15.6 Å². The number of nitrogens with one attached hydrogen (secondary N) is 3. The van der Waals surface area contributed by atoms with E-state index in [4.69, 9.17) is 4.74 Å². The summed E-state index contributed by atoms with van der Waals surface area (Å²) in [4.78, 5) is 30.6. The molecule has 43 heavy (non-hydrogen) atoms. The van der Waals surface area contributed by atoms with Crippen LogP contribution in [0.1, 0.15) is 35.1 Å². The predicted octanol–water partition coefficient (Wildman–Crippen LogP) is 5.73. The summed E-state index contributed by atoms with van der Waals surface area (Å²) in [5.41, 5.74) is 5.97. The second-order valence-corrected chi connectivity index (χ2v) is 11.4. The van der Waals surface area contributed by atoms with Crippen molar-refractivity contribution in [1.29, 1.82) is 0 Å². The molecule has 7 heteroatoms. The van der Waals surface area contributed by atoms with Crippen molar-refractivity contribution in [2.75, 3.05) is 13.2 Å². The number of aromatic nitrogens is 1. The number of carbonyl (C=O) groups excluding carboxylic acids is 2. The number of hydrogen-bond donors (Lipinski definition) is 4. The average Bonchev–Trinajstić information content (AvgIpc) is 3.58. The Balaban J connectivity index is 1.22. The van der Waals surface area contributed by atoms with E-state index in [0.29, 0.717) is 6.42 Å². The van der Waals surface area contributed by atoms with Crippen LogP contribution in [0, 0.1) is 0 Å². The molecule has 0 aliphatic heterocycles. The lowest BCUT2D eigenvalue weighted by molar-refractivity contribution is -0.128. The Kier molecular flexibility index (Phi) is 7.99. The fourth-order valence-corrected chi connectivity index (χ4v) is 6.10. The molecule has 1 aromatic heterocycles. The summed E-state index contributed by atoms with van der Waals surface area (Å²) < 4.78 is 5.83. The summed E-state index contributed by atoms with van der Waals surface area (Å²) in [6.45, 7) is 1.59. The molecule has 0 bridgehead atoms. The monoisotopic (exact) mass is 573 g/mol. The number of aromatic amines is 1. The van der Waals surface area contributed by atoms with E-state index in [-0.39, 0.29) is 25.6 Å². The van der Waals surface area contributed by atoms with Gasteiger partial charge in [0.1, 0.15) is 12.1 Å². The number of para-hydroxylation sites is 1. The van der Waals surface area contributed by atoms with Gasteiger partial charge in [0.25, 0.3) is 0 Å². The maximum Gasteiger partial charge on any atom is 0.408 e. The normalized spacial score (nSPS) is 14.4. The fourth-order valence-electron chi connectivity index (χ4n) is 6.10. The number of amides is 2. The lowest BCUT2D eigenvalue weighted by Gasteiger charge is -2.31. The first-order valence-electron chi connectivity index (χ1n) is 14.6. The van der Waals surface area contributed by atoms with Crippen LogP contribution in [0.4, 0.5) is 4.79 Å². The number of carbonyl (C=O) groups is 2. The van der Waals surface area contributed by atoms with Crippen LogP contribution < -0.4 is 10.6 Å². The molecule has 4 N–H and O–H groups in total. The quantitative estimate of drug-likeness (QED) is 0.171. The number of aliphatic hydroxyl groups excluding tert-OH is 1. The van der Waals surface area contributed by atoms with Crippen molar-refractivity contribution in [2.24, 2.45) is 0 Å². The van der Waals surface area contributed by atoms with Crippen molar-refractivity contribution in [2.45, 2.75) is 37.3 Å². The highest BCUT2D eigenvalue weighted by Gasteiger charge is 2.38. The third-order valence-corrected chi connectivity index (χ3v) is 8.32. The SMILES string of the molecule is C[C@@](Cc1c[nH]c2ccccc12)(NC(=O)OCC1c2ccccc2-c2ccccc21)C(=O)N[C@H](CO)Cc1ccccc1. The van der Waals surface area contributed by atoms with Crippen LogP contribution in [-0.4, -0.2) is 46.9 Å². The Morgan fingerprint density at radius 1 is 0.884 bits per heavy atom. The minimum atomic E-state index is -1.36. The zero-order valence-electron chi connectivity index (χ0n) is 24.0. The number of benzene rings is 4. The summed E-state index contributed by atoms with van der Waals surface area (Å²) in [7, 11) is 0. The van der Waals surface area contributed by atoms with E-state index in [2.05, 4.69) is 39.9 Å². The zero-order valence-corrected chi connectivity index (χ0v) is 24.0. The Morgan fingerprint density at radius 3 is 2.21 bits per heavy atom. The summed E-state index contributed by atoms with van der Waals surface area (Å²) in [5.74, 6) is -0.502. The molecule has 218 valence electrons. The van der Waals surface area contributed by atoms with Gasteiger partial charge in [-0.2, -0.15) is 0 Å². The molecule has 0 fully saturated rings. The van der Waals surface area contributed by atoms with Gasteiger partial charge in [-0.25, -0.2) is 4.79 Å². The summed E-state index contributed by atoms with van der Waals surface area (Å²) in [6, 6.07) is 33.3. The molecule has 6 rings (SSSR count). The van der Waals surface area contributed by atoms with Crippen LogP contribution in [-0.2, 0) is 22.4 Å². The smallest absolute Gasteiger partial charge is 0.408 e. The second-order valence-electron chi connectivity index (χ2n) is 11.4. The number of hydrogen-bond acceptors (Lipinski definition) is 4. The Morgan fingerprint density at radius 2 is 1.51 bits per heavy atom. The van der Waals surface area contributed by atoms with E-state index in [0.717, 1.165) is 44.3 Å². The molecule has 5 aromatic rings. The van der Waals surface area contributed by atoms with E-state index in [1.165, 1.54) is 0 Å². The highest BCUT2D eigenvalue weighted by Crippen LogP contribution is 2.44. The van der Waals surface area contributed by atoms with Crippen molar-refractivity contribution in [3.8, 4) is 11.1 Å². The molecular formula is C36H35N3O4. The van der Waals surface area contributed by atoms with E-state index in [1.54, 1.807) is 6.92 Å². The van der Waals surface area contributed by atoms with Gasteiger partial charge in [-0.05, 0) is 52.8 Å². The van der Waals surface area contributed by atoms with Gasteiger partial charge < -0.3 is 25.5 Å². The fraction of sp³-hybridized carbons (Fsp3) is 0.222. The van der Waals surface area contributed by atoms with Gasteiger partial charge in [0.05, 0.1) is 12.6 Å². The van der Waals surface area contributed by atoms with E-state index >= 15 is 0 Å². The molecule has 0 saturated carbocycles. The van der Waals surface area contributed by atoms with Gasteiger partial charge >= 0.3 is 6.09 Å². The van der Waals surface area contributed by atoms with Gasteiger partial charge in [-0.15, -0.1) is 0 Å². The lowest BCUT2D eigenvalue weighted by atomic mass is 9.91. The molecule has 7 nitrogen and oxygen atoms in total. The Hall–Kier alpha value is -4.88. The maximum absolute atomic E-state index is 13.9. The van der Waals surface area contributed by atoms with E-state index < -0.39 is 23.6 Å². The summed E-state index contributed by atoms with van der Waals surface area (Å²) in [5, 5.41) is 17.0. The molecule has 2 atom stereocenters. The second kappa shape index (κ2) is 12.2. The maximum atomic E-state index is 13.9. The molecule has 2 amide bonds. The van der Waals surface area contributed by atoms with Gasteiger partial charge in [0, 0.05) is 29.4 Å². The first kappa shape index (κ1) is 28.2. The van der Waals surface area contributed by atoms with Crippen LogP contribution in [0.3, 0.4) is 0 Å². The molecule has 1 aliphatic rings. The first-order chi connectivity index (χ1) is 20.9. The Bertz CT molecular complexity index is 1700. The number of fused-ring (bicyclic) bond motifs is 4. The number of rotatable bonds is 10. The standard InChI is InChI=1S/C36H35N3O4/c1-36(20-25-21-37-33-18-10-9-13-27(25)33,34(41)38-26(22-40)19-24-11-3-2-4-12-24)39-35(42)43-23-32-30-16-7-5-14-28(30)29-15-6-8-17-31(29)32/h2-18,21,26,32,37,40H,19-20,22-23H2,1H3,(H,38,41)(H,39,42)/t26-,36-/m0/s1. The Labute approximate surface area is 250 Å². The van der Waals surface area contributed by atoms with E-state index in [1.807, 2.05) is 85.1 Å². The lowest BCUT2D eigenvalue weighted by Crippen LogP contribution is -2.60. The molecule has 1 aliphatic carbocycles. The van der Waals surface area contributed by atoms with Crippen molar-refractivity contribution < 1.29 is 19.4 Å². The van der Waals surface area contributed by atoms with Crippen molar-refractivity contribution in [3.63, 3.8) is 0 Å². The van der Waals surface area contributed by atoms with Gasteiger partial charge in [-0.1, -0.05) is 97.1 Å². The van der Waals surface area contributed by atoms with Crippen LogP contribution in [0.25, 0.3) is 22.0 Å². The average molecular weight is 574 g/mol. The minimum absolute atomic E-state index is 0.100. The van der Waals surface area contributed by atoms with Gasteiger partial charge in [-0.3, -0.25) is 4.79 Å². The molecule has 0 radical (unpaired) electrons. The van der Waals surface area contributed by atoms with Crippen LogP contribution >= 0.6 is 0 Å². The number of H-pyrrole nitrogens is 1. The summed E-state index contributed by atoms with van der Waals surface area (Å²) in [6.07, 6.45) is 1.86. The predicted molar refractivity (Wildman–Crippen MR) is 168 cm³/mol. The minimum Gasteiger partial charge on any atom is -0.449 e.